The zero-order valence-corrected chi connectivity index (χ0v) is 16.2. The first-order chi connectivity index (χ1) is 12.9. The number of halogens is 1. The van der Waals surface area contributed by atoms with Crippen LogP contribution in [0.15, 0.2) is 61.2 Å². The molecule has 142 valence electrons. The van der Waals surface area contributed by atoms with Crippen LogP contribution in [-0.2, 0) is 9.53 Å². The van der Waals surface area contributed by atoms with Crippen molar-refractivity contribution < 1.29 is 14.3 Å². The van der Waals surface area contributed by atoms with E-state index in [1.807, 2.05) is 0 Å². The summed E-state index contributed by atoms with van der Waals surface area (Å²) in [5.74, 6) is -0.370. The van der Waals surface area contributed by atoms with E-state index in [2.05, 4.69) is 11.9 Å². The predicted molar refractivity (Wildman–Crippen MR) is 109 cm³/mol. The van der Waals surface area contributed by atoms with Gasteiger partial charge in [0.25, 0.3) is 11.8 Å². The Morgan fingerprint density at radius 2 is 1.81 bits per heavy atom. The van der Waals surface area contributed by atoms with E-state index < -0.39 is 6.10 Å². The lowest BCUT2D eigenvalue weighted by atomic mass is 10.2. The van der Waals surface area contributed by atoms with Gasteiger partial charge in [0.1, 0.15) is 6.10 Å². The summed E-state index contributed by atoms with van der Waals surface area (Å²) < 4.78 is 5.42. The normalized spacial score (nSPS) is 11.5. The van der Waals surface area contributed by atoms with Crippen molar-refractivity contribution in [2.24, 2.45) is 0 Å². The Morgan fingerprint density at radius 3 is 2.41 bits per heavy atom. The average Bonchev–Trinajstić information content (AvgIpc) is 2.68. The maximum atomic E-state index is 12.5. The summed E-state index contributed by atoms with van der Waals surface area (Å²) in [5, 5.41) is 3.37. The number of anilines is 2. The van der Waals surface area contributed by atoms with Crippen LogP contribution in [0.25, 0.3) is 0 Å². The maximum Gasteiger partial charge on any atom is 0.258 e. The maximum absolute atomic E-state index is 12.5. The minimum absolute atomic E-state index is 0.146. The molecule has 0 aliphatic heterocycles. The summed E-state index contributed by atoms with van der Waals surface area (Å²) in [5.41, 5.74) is 1.89. The SMILES string of the molecule is C=CCCOC(C)C(=O)Nc1ccc(N(C)C(=O)c2ccc(Cl)cc2)cc1. The van der Waals surface area contributed by atoms with Crippen molar-refractivity contribution in [3.63, 3.8) is 0 Å². The molecule has 1 atom stereocenters. The molecule has 0 saturated heterocycles. The fourth-order valence-electron chi connectivity index (χ4n) is 2.32. The van der Waals surface area contributed by atoms with Crippen LogP contribution >= 0.6 is 11.6 Å². The highest BCUT2D eigenvalue weighted by Gasteiger charge is 2.15. The predicted octanol–water partition coefficient (Wildman–Crippen LogP) is 4.54. The highest BCUT2D eigenvalue weighted by Crippen LogP contribution is 2.20. The van der Waals surface area contributed by atoms with E-state index in [1.54, 1.807) is 68.6 Å². The minimum Gasteiger partial charge on any atom is -0.368 e. The third-order valence-corrected chi connectivity index (χ3v) is 4.23. The Bertz CT molecular complexity index is 788. The van der Waals surface area contributed by atoms with Gasteiger partial charge in [-0.3, -0.25) is 9.59 Å². The third kappa shape index (κ3) is 5.94. The Labute approximate surface area is 164 Å². The summed E-state index contributed by atoms with van der Waals surface area (Å²) in [4.78, 5) is 26.2. The Balaban J connectivity index is 1.97. The topological polar surface area (TPSA) is 58.6 Å². The van der Waals surface area contributed by atoms with Crippen LogP contribution in [-0.4, -0.2) is 31.6 Å². The van der Waals surface area contributed by atoms with Gasteiger partial charge in [0.05, 0.1) is 6.61 Å². The van der Waals surface area contributed by atoms with Gasteiger partial charge in [0, 0.05) is 29.0 Å². The molecule has 2 aromatic carbocycles. The van der Waals surface area contributed by atoms with Crippen LogP contribution in [0.1, 0.15) is 23.7 Å². The molecule has 27 heavy (non-hydrogen) atoms. The van der Waals surface area contributed by atoms with E-state index in [4.69, 9.17) is 16.3 Å². The molecule has 2 rings (SSSR count). The van der Waals surface area contributed by atoms with Gasteiger partial charge < -0.3 is 15.0 Å². The van der Waals surface area contributed by atoms with Crippen LogP contribution in [0.4, 0.5) is 11.4 Å². The van der Waals surface area contributed by atoms with Crippen molar-refractivity contribution in [2.45, 2.75) is 19.4 Å². The number of nitrogens with one attached hydrogen (secondary N) is 1. The van der Waals surface area contributed by atoms with Crippen LogP contribution in [0.2, 0.25) is 5.02 Å². The summed E-state index contributed by atoms with van der Waals surface area (Å²) in [7, 11) is 1.69. The van der Waals surface area contributed by atoms with Crippen LogP contribution in [0.5, 0.6) is 0 Å². The lowest BCUT2D eigenvalue weighted by Crippen LogP contribution is -2.28. The molecule has 0 aliphatic rings. The summed E-state index contributed by atoms with van der Waals surface area (Å²) >= 11 is 5.86. The Kier molecular flexibility index (Phi) is 7.58. The Morgan fingerprint density at radius 1 is 1.19 bits per heavy atom. The lowest BCUT2D eigenvalue weighted by molar-refractivity contribution is -0.126. The molecule has 1 unspecified atom stereocenters. The number of hydrogen-bond donors (Lipinski definition) is 1. The number of rotatable bonds is 8. The monoisotopic (exact) mass is 386 g/mol. The molecule has 0 heterocycles. The Hall–Kier alpha value is -2.63. The third-order valence-electron chi connectivity index (χ3n) is 3.98. The molecule has 0 aliphatic carbocycles. The van der Waals surface area contributed by atoms with Gasteiger partial charge in [0.15, 0.2) is 0 Å². The molecule has 1 N–H and O–H groups in total. The van der Waals surface area contributed by atoms with E-state index in [-0.39, 0.29) is 11.8 Å². The quantitative estimate of drug-likeness (QED) is 0.535. The zero-order valence-electron chi connectivity index (χ0n) is 15.4. The van der Waals surface area contributed by atoms with Gasteiger partial charge in [-0.25, -0.2) is 0 Å². The minimum atomic E-state index is -0.557. The summed E-state index contributed by atoms with van der Waals surface area (Å²) in [6.45, 7) is 5.77. The largest absolute Gasteiger partial charge is 0.368 e. The van der Waals surface area contributed by atoms with Gasteiger partial charge in [-0.05, 0) is 61.9 Å². The van der Waals surface area contributed by atoms with Crippen molar-refractivity contribution in [1.29, 1.82) is 0 Å². The number of hydrogen-bond acceptors (Lipinski definition) is 3. The highest BCUT2D eigenvalue weighted by atomic mass is 35.5. The second kappa shape index (κ2) is 9.90. The van der Waals surface area contributed by atoms with Crippen molar-refractivity contribution in [1.82, 2.24) is 0 Å². The van der Waals surface area contributed by atoms with Crippen molar-refractivity contribution >= 4 is 34.8 Å². The molecule has 2 amide bonds. The number of amides is 2. The molecular weight excluding hydrogens is 364 g/mol. The van der Waals surface area contributed by atoms with E-state index in [0.29, 0.717) is 35.0 Å². The molecule has 0 radical (unpaired) electrons. The molecule has 0 saturated carbocycles. The van der Waals surface area contributed by atoms with Crippen LogP contribution in [0.3, 0.4) is 0 Å². The smallest absolute Gasteiger partial charge is 0.258 e. The number of benzene rings is 2. The lowest BCUT2D eigenvalue weighted by Gasteiger charge is -2.18. The van der Waals surface area contributed by atoms with Crippen molar-refractivity contribution in [3.05, 3.63) is 71.8 Å². The van der Waals surface area contributed by atoms with Gasteiger partial charge in [-0.15, -0.1) is 6.58 Å². The van der Waals surface area contributed by atoms with Crippen LogP contribution < -0.4 is 10.2 Å². The van der Waals surface area contributed by atoms with Crippen molar-refractivity contribution in [3.8, 4) is 0 Å². The molecule has 0 spiro atoms. The first-order valence-corrected chi connectivity index (χ1v) is 8.97. The molecule has 6 heteroatoms. The average molecular weight is 387 g/mol. The van der Waals surface area contributed by atoms with Gasteiger partial charge >= 0.3 is 0 Å². The van der Waals surface area contributed by atoms with Crippen LogP contribution in [0, 0.1) is 0 Å². The van der Waals surface area contributed by atoms with E-state index >= 15 is 0 Å². The fraction of sp³-hybridized carbons (Fsp3) is 0.238. The number of ether oxygens (including phenoxy) is 1. The van der Waals surface area contributed by atoms with Crippen molar-refractivity contribution in [2.75, 3.05) is 23.9 Å². The first-order valence-electron chi connectivity index (χ1n) is 8.59. The summed E-state index contributed by atoms with van der Waals surface area (Å²) in [6.07, 6.45) is 1.88. The van der Waals surface area contributed by atoms with Gasteiger partial charge in [-0.1, -0.05) is 17.7 Å². The highest BCUT2D eigenvalue weighted by molar-refractivity contribution is 6.30. The zero-order chi connectivity index (χ0) is 19.8. The first kappa shape index (κ1) is 20.7. The summed E-state index contributed by atoms with van der Waals surface area (Å²) in [6, 6.07) is 13.8. The molecule has 0 bridgehead atoms. The molecular formula is C21H23ClN2O3. The second-order valence-electron chi connectivity index (χ2n) is 6.00. The second-order valence-corrected chi connectivity index (χ2v) is 6.43. The number of carbonyl (C=O) groups excluding carboxylic acids is 2. The van der Waals surface area contributed by atoms with E-state index in [0.717, 1.165) is 0 Å². The number of nitrogens with zero attached hydrogens (tertiary/aromatic N) is 1. The number of carbonyl (C=O) groups is 2. The van der Waals surface area contributed by atoms with Gasteiger partial charge in [-0.2, -0.15) is 0 Å². The molecule has 5 nitrogen and oxygen atoms in total. The molecule has 0 aromatic heterocycles. The van der Waals surface area contributed by atoms with Gasteiger partial charge in [0.2, 0.25) is 0 Å². The molecule has 0 fully saturated rings. The van der Waals surface area contributed by atoms with E-state index in [1.165, 1.54) is 4.90 Å². The van der Waals surface area contributed by atoms with E-state index in [9.17, 15) is 9.59 Å². The fourth-order valence-corrected chi connectivity index (χ4v) is 2.45. The standard InChI is InChI=1S/C21H23ClN2O3/c1-4-5-14-27-15(2)20(25)23-18-10-12-19(13-11-18)24(3)21(26)16-6-8-17(22)9-7-16/h4,6-13,15H,1,5,14H2,2-3H3,(H,23,25). The molecule has 2 aromatic rings.